The highest BCUT2D eigenvalue weighted by Crippen LogP contribution is 2.32. The van der Waals surface area contributed by atoms with Gasteiger partial charge in [-0.3, -0.25) is 4.79 Å². The average Bonchev–Trinajstić information content (AvgIpc) is 3.17. The average molecular weight is 382 g/mol. The standard InChI is InChI=1S/C16H12ClNO4S2/c1-10-2-7-14(22-10)16(19)18-13-8-23-9-15(13)24(20,21)12-5-3-11(17)4-6-12/h2-9H,1H3,(H,18,19). The van der Waals surface area contributed by atoms with E-state index < -0.39 is 15.7 Å². The van der Waals surface area contributed by atoms with Crippen molar-refractivity contribution in [3.8, 4) is 0 Å². The van der Waals surface area contributed by atoms with Crippen LogP contribution in [0, 0.1) is 6.92 Å². The third-order valence-electron chi connectivity index (χ3n) is 3.25. The van der Waals surface area contributed by atoms with Gasteiger partial charge in [0, 0.05) is 15.8 Å². The largest absolute Gasteiger partial charge is 0.456 e. The lowest BCUT2D eigenvalue weighted by Crippen LogP contribution is -2.13. The predicted molar refractivity (Wildman–Crippen MR) is 92.6 cm³/mol. The lowest BCUT2D eigenvalue weighted by Gasteiger charge is -2.07. The number of carbonyl (C=O) groups is 1. The van der Waals surface area contributed by atoms with Crippen molar-refractivity contribution < 1.29 is 17.6 Å². The maximum atomic E-state index is 12.7. The minimum absolute atomic E-state index is 0.0338. The van der Waals surface area contributed by atoms with Gasteiger partial charge in [-0.05, 0) is 43.3 Å². The molecule has 0 atom stereocenters. The summed E-state index contributed by atoms with van der Waals surface area (Å²) < 4.78 is 30.7. The van der Waals surface area contributed by atoms with E-state index in [0.29, 0.717) is 10.8 Å². The number of halogens is 1. The first-order valence-electron chi connectivity index (χ1n) is 6.82. The van der Waals surface area contributed by atoms with Gasteiger partial charge in [-0.25, -0.2) is 8.42 Å². The smallest absolute Gasteiger partial charge is 0.291 e. The topological polar surface area (TPSA) is 76.4 Å². The van der Waals surface area contributed by atoms with E-state index in [1.807, 2.05) is 0 Å². The van der Waals surface area contributed by atoms with Gasteiger partial charge in [0.05, 0.1) is 10.6 Å². The monoisotopic (exact) mass is 381 g/mol. The summed E-state index contributed by atoms with van der Waals surface area (Å²) in [6.07, 6.45) is 0. The Balaban J connectivity index is 1.92. The Morgan fingerprint density at radius 2 is 1.83 bits per heavy atom. The Morgan fingerprint density at radius 1 is 1.12 bits per heavy atom. The van der Waals surface area contributed by atoms with Crippen LogP contribution in [0.1, 0.15) is 16.3 Å². The zero-order valence-electron chi connectivity index (χ0n) is 12.4. The molecule has 0 fully saturated rings. The van der Waals surface area contributed by atoms with Crippen LogP contribution in [0.15, 0.2) is 61.4 Å². The quantitative estimate of drug-likeness (QED) is 0.727. The number of carbonyl (C=O) groups excluding carboxylic acids is 1. The van der Waals surface area contributed by atoms with Gasteiger partial charge in [-0.15, -0.1) is 11.3 Å². The molecule has 3 aromatic rings. The normalized spacial score (nSPS) is 11.4. The summed E-state index contributed by atoms with van der Waals surface area (Å²) in [5.41, 5.74) is 0.217. The highest BCUT2D eigenvalue weighted by molar-refractivity contribution is 7.91. The Bertz CT molecular complexity index is 987. The molecule has 0 spiro atoms. The molecule has 1 amide bonds. The van der Waals surface area contributed by atoms with Crippen molar-refractivity contribution in [3.05, 3.63) is 63.7 Å². The van der Waals surface area contributed by atoms with E-state index in [2.05, 4.69) is 5.32 Å². The van der Waals surface area contributed by atoms with E-state index in [4.69, 9.17) is 16.0 Å². The lowest BCUT2D eigenvalue weighted by molar-refractivity contribution is 0.0995. The maximum Gasteiger partial charge on any atom is 0.291 e. The van der Waals surface area contributed by atoms with Crippen LogP contribution < -0.4 is 5.32 Å². The number of rotatable bonds is 4. The molecule has 5 nitrogen and oxygen atoms in total. The lowest BCUT2D eigenvalue weighted by atomic mass is 10.4. The number of anilines is 1. The van der Waals surface area contributed by atoms with Gasteiger partial charge in [0.2, 0.25) is 9.84 Å². The Labute approximate surface area is 147 Å². The van der Waals surface area contributed by atoms with Crippen molar-refractivity contribution in [1.29, 1.82) is 0 Å². The van der Waals surface area contributed by atoms with Crippen molar-refractivity contribution in [3.63, 3.8) is 0 Å². The molecule has 124 valence electrons. The number of aryl methyl sites for hydroxylation is 1. The number of sulfone groups is 1. The molecule has 1 aromatic carbocycles. The van der Waals surface area contributed by atoms with Gasteiger partial charge in [0.1, 0.15) is 10.7 Å². The van der Waals surface area contributed by atoms with Gasteiger partial charge in [0.25, 0.3) is 5.91 Å². The highest BCUT2D eigenvalue weighted by atomic mass is 35.5. The molecule has 0 unspecified atom stereocenters. The number of nitrogens with one attached hydrogen (secondary N) is 1. The Hall–Kier alpha value is -2.09. The van der Waals surface area contributed by atoms with E-state index in [1.165, 1.54) is 47.0 Å². The van der Waals surface area contributed by atoms with Crippen molar-refractivity contribution in [1.82, 2.24) is 0 Å². The van der Waals surface area contributed by atoms with Gasteiger partial charge in [-0.1, -0.05) is 11.6 Å². The van der Waals surface area contributed by atoms with Gasteiger partial charge < -0.3 is 9.73 Å². The number of hydrogen-bond donors (Lipinski definition) is 1. The summed E-state index contributed by atoms with van der Waals surface area (Å²) >= 11 is 6.98. The van der Waals surface area contributed by atoms with Gasteiger partial charge >= 0.3 is 0 Å². The summed E-state index contributed by atoms with van der Waals surface area (Å²) in [5, 5.41) is 6.07. The SMILES string of the molecule is Cc1ccc(C(=O)Nc2cscc2S(=O)(=O)c2ccc(Cl)cc2)o1. The zero-order chi connectivity index (χ0) is 17.3. The van der Waals surface area contributed by atoms with E-state index in [9.17, 15) is 13.2 Å². The third kappa shape index (κ3) is 3.24. The molecule has 0 radical (unpaired) electrons. The van der Waals surface area contributed by atoms with Crippen molar-refractivity contribution in [2.75, 3.05) is 5.32 Å². The third-order valence-corrected chi connectivity index (χ3v) is 6.21. The first-order chi connectivity index (χ1) is 11.4. The van der Waals surface area contributed by atoms with Crippen LogP contribution in [-0.4, -0.2) is 14.3 Å². The van der Waals surface area contributed by atoms with Crippen molar-refractivity contribution in [2.45, 2.75) is 16.7 Å². The zero-order valence-corrected chi connectivity index (χ0v) is 14.8. The van der Waals surface area contributed by atoms with Gasteiger partial charge in [-0.2, -0.15) is 0 Å². The fraction of sp³-hybridized carbons (Fsp3) is 0.0625. The molecule has 1 N–H and O–H groups in total. The fourth-order valence-electron chi connectivity index (χ4n) is 2.07. The molecule has 0 bridgehead atoms. The van der Waals surface area contributed by atoms with Crippen molar-refractivity contribution >= 4 is 44.4 Å². The van der Waals surface area contributed by atoms with Crippen LogP contribution >= 0.6 is 22.9 Å². The second-order valence-electron chi connectivity index (χ2n) is 4.97. The molecule has 0 saturated carbocycles. The Morgan fingerprint density at radius 3 is 2.46 bits per heavy atom. The fourth-order valence-corrected chi connectivity index (χ4v) is 4.73. The van der Waals surface area contributed by atoms with Crippen LogP contribution in [0.25, 0.3) is 0 Å². The van der Waals surface area contributed by atoms with Gasteiger partial charge in [0.15, 0.2) is 5.76 Å². The van der Waals surface area contributed by atoms with Crippen LogP contribution in [-0.2, 0) is 9.84 Å². The van der Waals surface area contributed by atoms with Crippen LogP contribution in [0.4, 0.5) is 5.69 Å². The molecule has 0 aliphatic heterocycles. The summed E-state index contributed by atoms with van der Waals surface area (Å²) in [4.78, 5) is 12.3. The molecule has 0 aliphatic rings. The molecule has 3 rings (SSSR count). The highest BCUT2D eigenvalue weighted by Gasteiger charge is 2.24. The molecule has 2 aromatic heterocycles. The molecule has 2 heterocycles. The minimum atomic E-state index is -3.76. The number of thiophene rings is 1. The first kappa shape index (κ1) is 16.8. The molecular weight excluding hydrogens is 370 g/mol. The molecule has 0 aliphatic carbocycles. The van der Waals surface area contributed by atoms with Crippen LogP contribution in [0.5, 0.6) is 0 Å². The van der Waals surface area contributed by atoms with Crippen LogP contribution in [0.3, 0.4) is 0 Å². The van der Waals surface area contributed by atoms with E-state index in [-0.39, 0.29) is 21.2 Å². The second-order valence-corrected chi connectivity index (χ2v) is 8.07. The molecule has 0 saturated heterocycles. The number of amides is 1. The first-order valence-corrected chi connectivity index (χ1v) is 9.63. The predicted octanol–water partition coefficient (Wildman–Crippen LogP) is 4.39. The number of hydrogen-bond acceptors (Lipinski definition) is 5. The summed E-state index contributed by atoms with van der Waals surface area (Å²) in [6.45, 7) is 1.72. The van der Waals surface area contributed by atoms with Crippen LogP contribution in [0.2, 0.25) is 5.02 Å². The molecular formula is C16H12ClNO4S2. The maximum absolute atomic E-state index is 12.7. The number of benzene rings is 1. The Kier molecular flexibility index (Phi) is 4.49. The van der Waals surface area contributed by atoms with E-state index in [0.717, 1.165) is 0 Å². The summed E-state index contributed by atoms with van der Waals surface area (Å²) in [7, 11) is -3.76. The van der Waals surface area contributed by atoms with E-state index >= 15 is 0 Å². The van der Waals surface area contributed by atoms with Crippen molar-refractivity contribution in [2.24, 2.45) is 0 Å². The second kappa shape index (κ2) is 6.43. The summed E-state index contributed by atoms with van der Waals surface area (Å²) in [6, 6.07) is 9.06. The number of furan rings is 1. The molecule has 8 heteroatoms. The minimum Gasteiger partial charge on any atom is -0.456 e. The summed E-state index contributed by atoms with van der Waals surface area (Å²) in [5.74, 6) is 0.210. The van der Waals surface area contributed by atoms with E-state index in [1.54, 1.807) is 18.4 Å². The molecule has 24 heavy (non-hydrogen) atoms.